The second-order valence-corrected chi connectivity index (χ2v) is 6.79. The summed E-state index contributed by atoms with van der Waals surface area (Å²) in [4.78, 5) is 15.2. The first-order valence-electron chi connectivity index (χ1n) is 9.02. The predicted octanol–water partition coefficient (Wildman–Crippen LogP) is 4.77. The van der Waals surface area contributed by atoms with Crippen LogP contribution in [0.3, 0.4) is 0 Å². The lowest BCUT2D eigenvalue weighted by Gasteiger charge is -2.38. The maximum absolute atomic E-state index is 13.3. The Labute approximate surface area is 159 Å². The van der Waals surface area contributed by atoms with Crippen molar-refractivity contribution in [2.45, 2.75) is 19.6 Å². The fraction of sp³-hybridized carbons (Fsp3) is 0.174. The zero-order valence-electron chi connectivity index (χ0n) is 15.5. The Kier molecular flexibility index (Phi) is 4.55. The molecule has 0 spiro atoms. The molecule has 136 valence electrons. The van der Waals surface area contributed by atoms with Gasteiger partial charge in [-0.3, -0.25) is 4.79 Å². The van der Waals surface area contributed by atoms with Crippen LogP contribution in [-0.2, 0) is 6.54 Å². The number of amides is 1. The number of benzene rings is 3. The lowest BCUT2D eigenvalue weighted by atomic mass is 10.0. The van der Waals surface area contributed by atoms with E-state index in [9.17, 15) is 4.79 Å². The van der Waals surface area contributed by atoms with Gasteiger partial charge in [-0.05, 0) is 42.3 Å². The highest BCUT2D eigenvalue weighted by molar-refractivity contribution is 6.01. The van der Waals surface area contributed by atoms with Gasteiger partial charge in [-0.2, -0.15) is 0 Å². The monoisotopic (exact) mass is 358 g/mol. The van der Waals surface area contributed by atoms with Crippen LogP contribution in [-0.4, -0.2) is 17.9 Å². The topological polar surface area (TPSA) is 41.6 Å². The second-order valence-electron chi connectivity index (χ2n) is 6.79. The number of anilines is 1. The van der Waals surface area contributed by atoms with Gasteiger partial charge in [-0.15, -0.1) is 0 Å². The van der Waals surface area contributed by atoms with Gasteiger partial charge in [0.2, 0.25) is 0 Å². The fourth-order valence-corrected chi connectivity index (χ4v) is 3.42. The van der Waals surface area contributed by atoms with Gasteiger partial charge in [0.25, 0.3) is 5.91 Å². The lowest BCUT2D eigenvalue weighted by molar-refractivity contribution is 0.0666. The third-order valence-electron chi connectivity index (χ3n) is 4.91. The molecule has 0 aromatic heterocycles. The highest BCUT2D eigenvalue weighted by Gasteiger charge is 2.32. The third kappa shape index (κ3) is 3.38. The van der Waals surface area contributed by atoms with Gasteiger partial charge in [-0.1, -0.05) is 54.1 Å². The van der Waals surface area contributed by atoms with Crippen molar-refractivity contribution in [2.75, 3.05) is 12.4 Å². The Morgan fingerprint density at radius 1 is 1.00 bits per heavy atom. The molecule has 0 bridgehead atoms. The van der Waals surface area contributed by atoms with Crippen LogP contribution in [0, 0.1) is 6.92 Å². The molecule has 4 heteroatoms. The van der Waals surface area contributed by atoms with Crippen LogP contribution in [0.25, 0.3) is 0 Å². The summed E-state index contributed by atoms with van der Waals surface area (Å²) in [5, 5.41) is 3.53. The van der Waals surface area contributed by atoms with Crippen molar-refractivity contribution >= 4 is 11.6 Å². The smallest absolute Gasteiger partial charge is 0.258 e. The SMILES string of the molecule is COc1cccc([C@@H]2Nc3ccccc3C(=O)N2Cc2ccc(C)cc2)c1. The maximum Gasteiger partial charge on any atom is 0.258 e. The van der Waals surface area contributed by atoms with Gasteiger partial charge in [0.05, 0.1) is 12.7 Å². The number of nitrogens with one attached hydrogen (secondary N) is 1. The van der Waals surface area contributed by atoms with Gasteiger partial charge >= 0.3 is 0 Å². The van der Waals surface area contributed by atoms with Crippen LogP contribution >= 0.6 is 0 Å². The Balaban J connectivity index is 1.75. The number of hydrogen-bond donors (Lipinski definition) is 1. The van der Waals surface area contributed by atoms with E-state index in [1.165, 1.54) is 5.56 Å². The van der Waals surface area contributed by atoms with Crippen LogP contribution in [0.15, 0.2) is 72.8 Å². The first kappa shape index (κ1) is 17.2. The van der Waals surface area contributed by atoms with Crippen molar-refractivity contribution in [3.05, 3.63) is 95.1 Å². The first-order valence-corrected chi connectivity index (χ1v) is 9.02. The number of para-hydroxylation sites is 1. The van der Waals surface area contributed by atoms with E-state index in [1.54, 1.807) is 7.11 Å². The number of ether oxygens (including phenoxy) is 1. The van der Waals surface area contributed by atoms with Gasteiger partial charge in [-0.25, -0.2) is 0 Å². The van der Waals surface area contributed by atoms with Crippen molar-refractivity contribution in [1.82, 2.24) is 4.90 Å². The molecule has 0 unspecified atom stereocenters. The number of nitrogens with zero attached hydrogens (tertiary/aromatic N) is 1. The number of carbonyl (C=O) groups is 1. The number of aryl methyl sites for hydroxylation is 1. The van der Waals surface area contributed by atoms with Crippen LogP contribution in [0.1, 0.15) is 33.2 Å². The van der Waals surface area contributed by atoms with E-state index in [4.69, 9.17) is 4.74 Å². The third-order valence-corrected chi connectivity index (χ3v) is 4.91. The molecule has 0 saturated heterocycles. The van der Waals surface area contributed by atoms with E-state index in [-0.39, 0.29) is 12.1 Å². The number of rotatable bonds is 4. The maximum atomic E-state index is 13.3. The molecule has 1 aliphatic heterocycles. The minimum Gasteiger partial charge on any atom is -0.497 e. The van der Waals surface area contributed by atoms with E-state index < -0.39 is 0 Å². The summed E-state index contributed by atoms with van der Waals surface area (Å²) in [6.07, 6.45) is -0.260. The van der Waals surface area contributed by atoms with E-state index >= 15 is 0 Å². The average Bonchev–Trinajstić information content (AvgIpc) is 2.71. The van der Waals surface area contributed by atoms with E-state index in [0.29, 0.717) is 12.1 Å². The number of fused-ring (bicyclic) bond motifs is 1. The first-order chi connectivity index (χ1) is 13.2. The summed E-state index contributed by atoms with van der Waals surface area (Å²) in [6, 6.07) is 23.8. The minimum atomic E-state index is -0.260. The van der Waals surface area contributed by atoms with E-state index in [2.05, 4.69) is 36.5 Å². The highest BCUT2D eigenvalue weighted by atomic mass is 16.5. The molecular weight excluding hydrogens is 336 g/mol. The van der Waals surface area contributed by atoms with Crippen LogP contribution in [0.2, 0.25) is 0 Å². The van der Waals surface area contributed by atoms with E-state index in [0.717, 1.165) is 22.6 Å². The zero-order valence-corrected chi connectivity index (χ0v) is 15.5. The predicted molar refractivity (Wildman–Crippen MR) is 107 cm³/mol. The molecule has 0 aliphatic carbocycles. The Bertz CT molecular complexity index is 966. The normalized spacial score (nSPS) is 15.9. The second kappa shape index (κ2) is 7.16. The molecule has 1 heterocycles. The molecule has 0 fully saturated rings. The number of carbonyl (C=O) groups excluding carboxylic acids is 1. The van der Waals surface area contributed by atoms with Crippen LogP contribution < -0.4 is 10.1 Å². The van der Waals surface area contributed by atoms with Gasteiger partial charge < -0.3 is 15.0 Å². The van der Waals surface area contributed by atoms with Crippen molar-refractivity contribution in [1.29, 1.82) is 0 Å². The Morgan fingerprint density at radius 2 is 1.78 bits per heavy atom. The van der Waals surface area contributed by atoms with Gasteiger partial charge in [0.15, 0.2) is 0 Å². The van der Waals surface area contributed by atoms with Crippen LogP contribution in [0.5, 0.6) is 5.75 Å². The Morgan fingerprint density at radius 3 is 2.56 bits per heavy atom. The molecule has 1 N–H and O–H groups in total. The standard InChI is InChI=1S/C23H22N2O2/c1-16-10-12-17(13-11-16)15-25-22(18-6-5-7-19(14-18)27-2)24-21-9-4-3-8-20(21)23(25)26/h3-14,22,24H,15H2,1-2H3/t22-/m1/s1. The number of hydrogen-bond acceptors (Lipinski definition) is 3. The molecule has 3 aromatic rings. The van der Waals surface area contributed by atoms with Crippen molar-refractivity contribution in [3.8, 4) is 5.75 Å². The highest BCUT2D eigenvalue weighted by Crippen LogP contribution is 2.35. The average molecular weight is 358 g/mol. The van der Waals surface area contributed by atoms with Gasteiger partial charge in [0.1, 0.15) is 11.9 Å². The number of methoxy groups -OCH3 is 1. The summed E-state index contributed by atoms with van der Waals surface area (Å²) in [5.41, 5.74) is 4.85. The molecule has 1 aliphatic rings. The minimum absolute atomic E-state index is 0.0257. The fourth-order valence-electron chi connectivity index (χ4n) is 3.42. The molecule has 0 radical (unpaired) electrons. The molecule has 4 rings (SSSR count). The molecular formula is C23H22N2O2. The zero-order chi connectivity index (χ0) is 18.8. The molecule has 0 saturated carbocycles. The van der Waals surface area contributed by atoms with Crippen molar-refractivity contribution in [3.63, 3.8) is 0 Å². The van der Waals surface area contributed by atoms with Crippen LogP contribution in [0.4, 0.5) is 5.69 Å². The van der Waals surface area contributed by atoms with Gasteiger partial charge in [0, 0.05) is 12.2 Å². The quantitative estimate of drug-likeness (QED) is 0.730. The summed E-state index contributed by atoms with van der Waals surface area (Å²) >= 11 is 0. The van der Waals surface area contributed by atoms with E-state index in [1.807, 2.05) is 53.4 Å². The molecule has 1 amide bonds. The summed E-state index contributed by atoms with van der Waals surface area (Å²) in [7, 11) is 1.65. The summed E-state index contributed by atoms with van der Waals surface area (Å²) in [6.45, 7) is 2.59. The Hall–Kier alpha value is -3.27. The molecule has 3 aromatic carbocycles. The van der Waals surface area contributed by atoms with Crippen molar-refractivity contribution in [2.24, 2.45) is 0 Å². The lowest BCUT2D eigenvalue weighted by Crippen LogP contribution is -2.42. The molecule has 27 heavy (non-hydrogen) atoms. The largest absolute Gasteiger partial charge is 0.497 e. The molecule has 1 atom stereocenters. The summed E-state index contributed by atoms with van der Waals surface area (Å²) < 4.78 is 5.38. The molecule has 4 nitrogen and oxygen atoms in total. The van der Waals surface area contributed by atoms with Crippen molar-refractivity contribution < 1.29 is 9.53 Å². The summed E-state index contributed by atoms with van der Waals surface area (Å²) in [5.74, 6) is 0.800.